The number of nitrogens with zero attached hydrogens (tertiary/aromatic N) is 3. The van der Waals surface area contributed by atoms with E-state index in [0.29, 0.717) is 5.92 Å². The van der Waals surface area contributed by atoms with Gasteiger partial charge in [0.05, 0.1) is 17.6 Å². The van der Waals surface area contributed by atoms with Gasteiger partial charge in [-0.25, -0.2) is 9.50 Å². The van der Waals surface area contributed by atoms with Crippen LogP contribution in [-0.2, 0) is 0 Å². The zero-order valence-corrected chi connectivity index (χ0v) is 10.6. The maximum Gasteiger partial charge on any atom is 0.157 e. The third-order valence-corrected chi connectivity index (χ3v) is 3.74. The van der Waals surface area contributed by atoms with Crippen molar-refractivity contribution in [2.24, 2.45) is 0 Å². The minimum absolute atomic E-state index is 0.690. The summed E-state index contributed by atoms with van der Waals surface area (Å²) in [5.74, 6) is 0.690. The highest BCUT2D eigenvalue weighted by Gasteiger charge is 2.19. The molecule has 0 amide bonds. The highest BCUT2D eigenvalue weighted by atomic mass is 15.2. The lowest BCUT2D eigenvalue weighted by molar-refractivity contribution is 0.443. The SMILES string of the molecule is Cc1cn2nc(C)cc(C3CCCCC3)c2n1. The second kappa shape index (κ2) is 4.13. The summed E-state index contributed by atoms with van der Waals surface area (Å²) in [7, 11) is 0. The van der Waals surface area contributed by atoms with Gasteiger partial charge in [0.15, 0.2) is 5.65 Å². The van der Waals surface area contributed by atoms with Crippen molar-refractivity contribution in [1.82, 2.24) is 14.6 Å². The summed E-state index contributed by atoms with van der Waals surface area (Å²) in [6, 6.07) is 2.23. The van der Waals surface area contributed by atoms with Crippen LogP contribution in [-0.4, -0.2) is 14.6 Å². The topological polar surface area (TPSA) is 30.2 Å². The van der Waals surface area contributed by atoms with Crippen molar-refractivity contribution in [3.63, 3.8) is 0 Å². The van der Waals surface area contributed by atoms with Crippen LogP contribution >= 0.6 is 0 Å². The minimum Gasteiger partial charge on any atom is -0.232 e. The van der Waals surface area contributed by atoms with E-state index < -0.39 is 0 Å². The van der Waals surface area contributed by atoms with E-state index in [4.69, 9.17) is 0 Å². The number of fused-ring (bicyclic) bond motifs is 1. The van der Waals surface area contributed by atoms with Gasteiger partial charge < -0.3 is 0 Å². The van der Waals surface area contributed by atoms with Gasteiger partial charge in [-0.3, -0.25) is 0 Å². The van der Waals surface area contributed by atoms with Gasteiger partial charge in [-0.2, -0.15) is 5.10 Å². The fourth-order valence-corrected chi connectivity index (χ4v) is 2.96. The molecule has 0 radical (unpaired) electrons. The molecule has 0 N–H and O–H groups in total. The average Bonchev–Trinajstić information content (AvgIpc) is 2.69. The molecule has 3 heteroatoms. The number of hydrogen-bond donors (Lipinski definition) is 0. The van der Waals surface area contributed by atoms with E-state index in [-0.39, 0.29) is 0 Å². The second-order valence-electron chi connectivity index (χ2n) is 5.23. The molecular weight excluding hydrogens is 210 g/mol. The van der Waals surface area contributed by atoms with E-state index in [9.17, 15) is 0 Å². The van der Waals surface area contributed by atoms with Crippen LogP contribution < -0.4 is 0 Å². The van der Waals surface area contributed by atoms with Gasteiger partial charge in [0, 0.05) is 5.56 Å². The Morgan fingerprint density at radius 3 is 2.65 bits per heavy atom. The van der Waals surface area contributed by atoms with E-state index in [0.717, 1.165) is 17.0 Å². The van der Waals surface area contributed by atoms with Crippen LogP contribution in [0.1, 0.15) is 55.0 Å². The predicted molar refractivity (Wildman–Crippen MR) is 68.3 cm³/mol. The summed E-state index contributed by atoms with van der Waals surface area (Å²) in [5, 5.41) is 4.51. The van der Waals surface area contributed by atoms with Gasteiger partial charge in [-0.1, -0.05) is 19.3 Å². The summed E-state index contributed by atoms with van der Waals surface area (Å²) >= 11 is 0. The second-order valence-corrected chi connectivity index (χ2v) is 5.23. The van der Waals surface area contributed by atoms with Crippen molar-refractivity contribution in [2.75, 3.05) is 0 Å². The molecule has 0 aliphatic heterocycles. The first-order chi connectivity index (χ1) is 8.24. The molecule has 3 rings (SSSR count). The lowest BCUT2D eigenvalue weighted by Crippen LogP contribution is -2.08. The summed E-state index contributed by atoms with van der Waals surface area (Å²) in [6.07, 6.45) is 8.75. The largest absolute Gasteiger partial charge is 0.232 e. The average molecular weight is 229 g/mol. The van der Waals surface area contributed by atoms with Crippen LogP contribution in [0.4, 0.5) is 0 Å². The summed E-state index contributed by atoms with van der Waals surface area (Å²) in [6.45, 7) is 4.11. The Balaban J connectivity index is 2.12. The fourth-order valence-electron chi connectivity index (χ4n) is 2.96. The molecule has 0 atom stereocenters. The van der Waals surface area contributed by atoms with Crippen LogP contribution in [0.5, 0.6) is 0 Å². The lowest BCUT2D eigenvalue weighted by atomic mass is 9.84. The molecule has 0 bridgehead atoms. The summed E-state index contributed by atoms with van der Waals surface area (Å²) in [4.78, 5) is 4.63. The molecule has 1 aliphatic rings. The molecule has 2 aromatic heterocycles. The molecule has 2 aromatic rings. The number of aromatic nitrogens is 3. The molecule has 0 aromatic carbocycles. The van der Waals surface area contributed by atoms with Gasteiger partial charge in [-0.15, -0.1) is 0 Å². The monoisotopic (exact) mass is 229 g/mol. The Morgan fingerprint density at radius 1 is 1.12 bits per heavy atom. The number of hydrogen-bond acceptors (Lipinski definition) is 2. The highest BCUT2D eigenvalue weighted by molar-refractivity contribution is 5.50. The van der Waals surface area contributed by atoms with Gasteiger partial charge in [0.25, 0.3) is 0 Å². The maximum absolute atomic E-state index is 4.63. The number of aryl methyl sites for hydroxylation is 2. The third-order valence-electron chi connectivity index (χ3n) is 3.74. The summed E-state index contributed by atoms with van der Waals surface area (Å²) in [5.41, 5.74) is 4.63. The van der Waals surface area contributed by atoms with Crippen LogP contribution in [0, 0.1) is 13.8 Å². The highest BCUT2D eigenvalue weighted by Crippen LogP contribution is 2.34. The van der Waals surface area contributed by atoms with Crippen molar-refractivity contribution in [1.29, 1.82) is 0 Å². The van der Waals surface area contributed by atoms with E-state index in [2.05, 4.69) is 23.1 Å². The Kier molecular flexibility index (Phi) is 2.61. The zero-order valence-electron chi connectivity index (χ0n) is 10.6. The maximum atomic E-state index is 4.63. The number of rotatable bonds is 1. The van der Waals surface area contributed by atoms with Crippen LogP contribution in [0.25, 0.3) is 5.65 Å². The smallest absolute Gasteiger partial charge is 0.157 e. The molecule has 1 fully saturated rings. The molecule has 1 aliphatic carbocycles. The molecule has 17 heavy (non-hydrogen) atoms. The zero-order chi connectivity index (χ0) is 11.8. The van der Waals surface area contributed by atoms with E-state index >= 15 is 0 Å². The van der Waals surface area contributed by atoms with Crippen molar-refractivity contribution >= 4 is 5.65 Å². The third kappa shape index (κ3) is 1.94. The van der Waals surface area contributed by atoms with Crippen molar-refractivity contribution in [3.8, 4) is 0 Å². The Hall–Kier alpha value is -1.38. The Bertz CT molecular complexity index is 536. The van der Waals surface area contributed by atoms with Crippen molar-refractivity contribution in [2.45, 2.75) is 51.9 Å². The Labute approximate surface area is 102 Å². The lowest BCUT2D eigenvalue weighted by Gasteiger charge is -2.22. The molecule has 0 unspecified atom stereocenters. The van der Waals surface area contributed by atoms with Crippen LogP contribution in [0.15, 0.2) is 12.3 Å². The predicted octanol–water partition coefficient (Wildman–Crippen LogP) is 3.39. The van der Waals surface area contributed by atoms with E-state index in [1.165, 1.54) is 37.7 Å². The Morgan fingerprint density at radius 2 is 1.88 bits per heavy atom. The summed E-state index contributed by atoms with van der Waals surface area (Å²) < 4.78 is 1.95. The molecule has 3 nitrogen and oxygen atoms in total. The van der Waals surface area contributed by atoms with Crippen molar-refractivity contribution in [3.05, 3.63) is 29.2 Å². The molecule has 1 saturated carbocycles. The van der Waals surface area contributed by atoms with Gasteiger partial charge in [0.2, 0.25) is 0 Å². The van der Waals surface area contributed by atoms with Gasteiger partial charge in [0.1, 0.15) is 0 Å². The number of imidazole rings is 1. The standard InChI is InChI=1S/C14H19N3/c1-10-8-13(12-6-4-3-5-7-12)14-15-11(2)9-17(14)16-10/h8-9,12H,3-7H2,1-2H3. The van der Waals surface area contributed by atoms with E-state index in [1.54, 1.807) is 0 Å². The van der Waals surface area contributed by atoms with Crippen LogP contribution in [0.2, 0.25) is 0 Å². The van der Waals surface area contributed by atoms with E-state index in [1.807, 2.05) is 17.6 Å². The van der Waals surface area contributed by atoms with Gasteiger partial charge in [-0.05, 0) is 38.7 Å². The first-order valence-electron chi connectivity index (χ1n) is 6.57. The molecule has 0 saturated heterocycles. The first kappa shape index (κ1) is 10.8. The van der Waals surface area contributed by atoms with Crippen molar-refractivity contribution < 1.29 is 0 Å². The van der Waals surface area contributed by atoms with Crippen LogP contribution in [0.3, 0.4) is 0 Å². The minimum atomic E-state index is 0.690. The molecule has 2 heterocycles. The molecular formula is C14H19N3. The molecule has 90 valence electrons. The normalized spacial score (nSPS) is 17.8. The first-order valence-corrected chi connectivity index (χ1v) is 6.57. The quantitative estimate of drug-likeness (QED) is 0.750. The molecule has 0 spiro atoms. The van der Waals surface area contributed by atoms with Gasteiger partial charge >= 0.3 is 0 Å². The fraction of sp³-hybridized carbons (Fsp3) is 0.571.